The average Bonchev–Trinajstić information content (AvgIpc) is 2.17. The highest BCUT2D eigenvalue weighted by molar-refractivity contribution is 5.78. The minimum absolute atomic E-state index is 0.309. The van der Waals surface area contributed by atoms with Gasteiger partial charge in [0.05, 0.1) is 0 Å². The van der Waals surface area contributed by atoms with E-state index in [1.165, 1.54) is 0 Å². The van der Waals surface area contributed by atoms with Crippen molar-refractivity contribution in [2.24, 2.45) is 5.73 Å². The van der Waals surface area contributed by atoms with Crippen molar-refractivity contribution in [3.63, 3.8) is 0 Å². The van der Waals surface area contributed by atoms with Crippen LogP contribution >= 0.6 is 0 Å². The largest absolute Gasteiger partial charge is 0.508 e. The van der Waals surface area contributed by atoms with Gasteiger partial charge in [-0.1, -0.05) is 0 Å². The summed E-state index contributed by atoms with van der Waals surface area (Å²) in [5, 5.41) is 17.1. The van der Waals surface area contributed by atoms with Gasteiger partial charge in [0.2, 0.25) is 0 Å². The van der Waals surface area contributed by atoms with Crippen LogP contribution in [0.3, 0.4) is 0 Å². The van der Waals surface area contributed by atoms with Crippen molar-refractivity contribution in [2.75, 3.05) is 0 Å². The van der Waals surface area contributed by atoms with E-state index in [0.717, 1.165) is 12.1 Å². The maximum absolute atomic E-state index is 13.4. The molecule has 0 heterocycles. The minimum Gasteiger partial charge on any atom is -0.508 e. The predicted molar refractivity (Wildman–Crippen MR) is 47.7 cm³/mol. The van der Waals surface area contributed by atoms with Crippen LogP contribution in [-0.2, 0) is 10.7 Å². The number of benzene rings is 1. The highest BCUT2D eigenvalue weighted by Gasteiger charge is 2.59. The summed E-state index contributed by atoms with van der Waals surface area (Å²) in [6.07, 6.45) is 0. The molecule has 0 unspecified atom stereocenters. The van der Waals surface area contributed by atoms with E-state index < -0.39 is 23.2 Å². The van der Waals surface area contributed by atoms with Crippen molar-refractivity contribution in [1.29, 1.82) is 0 Å². The number of phenols is 1. The van der Waals surface area contributed by atoms with Crippen LogP contribution in [0.1, 0.15) is 5.56 Å². The van der Waals surface area contributed by atoms with Crippen LogP contribution in [0, 0.1) is 0 Å². The molecule has 16 heavy (non-hydrogen) atoms. The number of phenolic OH excluding ortho intramolecular Hbond substituents is 1. The molecular formula is C9H8F3NO3. The third-order valence-corrected chi connectivity index (χ3v) is 2.00. The van der Waals surface area contributed by atoms with Gasteiger partial charge in [-0.3, -0.25) is 5.73 Å². The highest BCUT2D eigenvalue weighted by atomic mass is 19.3. The fraction of sp³-hybridized carbons (Fsp3) is 0.222. The first-order valence-electron chi connectivity index (χ1n) is 4.08. The van der Waals surface area contributed by atoms with Crippen molar-refractivity contribution in [2.45, 2.75) is 11.7 Å². The van der Waals surface area contributed by atoms with E-state index in [2.05, 4.69) is 5.73 Å². The molecular weight excluding hydrogens is 227 g/mol. The second kappa shape index (κ2) is 3.67. The summed E-state index contributed by atoms with van der Waals surface area (Å²) in [5.74, 6) is -11.4. The number of carbonyl (C=O) groups is 1. The normalized spacial score (nSPS) is 15.5. The van der Waals surface area contributed by atoms with Gasteiger partial charge in [-0.05, 0) is 24.3 Å². The van der Waals surface area contributed by atoms with Crippen LogP contribution in [0.25, 0.3) is 0 Å². The lowest BCUT2D eigenvalue weighted by Crippen LogP contribution is -2.56. The molecule has 1 atom stereocenters. The number of rotatable bonds is 3. The number of carboxylic acid groups (broad SMARTS) is 1. The van der Waals surface area contributed by atoms with Gasteiger partial charge < -0.3 is 10.2 Å². The van der Waals surface area contributed by atoms with Crippen molar-refractivity contribution >= 4 is 5.97 Å². The van der Waals surface area contributed by atoms with E-state index in [1.807, 2.05) is 0 Å². The Balaban J connectivity index is 3.20. The number of halogens is 3. The Hall–Kier alpha value is -1.76. The monoisotopic (exact) mass is 235 g/mol. The molecule has 7 heteroatoms. The number of aliphatic carboxylic acids is 1. The fourth-order valence-corrected chi connectivity index (χ4v) is 1.02. The summed E-state index contributed by atoms with van der Waals surface area (Å²) in [4.78, 5) is 10.3. The topological polar surface area (TPSA) is 83.6 Å². The highest BCUT2D eigenvalue weighted by Crippen LogP contribution is 2.39. The van der Waals surface area contributed by atoms with E-state index in [9.17, 15) is 18.0 Å². The van der Waals surface area contributed by atoms with Crippen LogP contribution < -0.4 is 5.73 Å². The second-order valence-electron chi connectivity index (χ2n) is 3.14. The molecule has 1 aromatic carbocycles. The molecule has 0 bridgehead atoms. The van der Waals surface area contributed by atoms with Gasteiger partial charge in [-0.25, -0.2) is 9.18 Å². The van der Waals surface area contributed by atoms with Crippen molar-refractivity contribution in [1.82, 2.24) is 0 Å². The lowest BCUT2D eigenvalue weighted by molar-refractivity contribution is -0.187. The number of alkyl halides is 3. The SMILES string of the molecule is N[C@](F)(C(=O)O)C(F)(F)c1ccc(O)cc1. The summed E-state index contributed by atoms with van der Waals surface area (Å²) in [6, 6.07) is 3.14. The van der Waals surface area contributed by atoms with Crippen LogP contribution in [0.2, 0.25) is 0 Å². The third-order valence-electron chi connectivity index (χ3n) is 2.00. The predicted octanol–water partition coefficient (Wildman–Crippen LogP) is 1.19. The zero-order chi connectivity index (χ0) is 12.6. The van der Waals surface area contributed by atoms with E-state index in [4.69, 9.17) is 10.2 Å². The maximum Gasteiger partial charge on any atom is 0.363 e. The quantitative estimate of drug-likeness (QED) is 0.687. The Labute approximate surface area is 88.1 Å². The van der Waals surface area contributed by atoms with Crippen molar-refractivity contribution in [3.8, 4) is 5.75 Å². The molecule has 0 aliphatic rings. The van der Waals surface area contributed by atoms with Gasteiger partial charge in [0, 0.05) is 5.56 Å². The molecule has 0 saturated heterocycles. The molecule has 4 N–H and O–H groups in total. The molecule has 0 fully saturated rings. The molecule has 0 aliphatic carbocycles. The van der Waals surface area contributed by atoms with Gasteiger partial charge in [0.25, 0.3) is 0 Å². The van der Waals surface area contributed by atoms with Gasteiger partial charge in [0.1, 0.15) is 5.75 Å². The van der Waals surface area contributed by atoms with Gasteiger partial charge in [-0.15, -0.1) is 0 Å². The minimum atomic E-state index is -4.40. The maximum atomic E-state index is 13.4. The van der Waals surface area contributed by atoms with Gasteiger partial charge >= 0.3 is 17.7 Å². The summed E-state index contributed by atoms with van der Waals surface area (Å²) in [6.45, 7) is 0. The molecule has 0 aliphatic heterocycles. The van der Waals surface area contributed by atoms with Crippen LogP contribution in [0.5, 0.6) is 5.75 Å². The number of hydrogen-bond acceptors (Lipinski definition) is 3. The van der Waals surface area contributed by atoms with Gasteiger partial charge in [-0.2, -0.15) is 8.78 Å². The van der Waals surface area contributed by atoms with E-state index >= 15 is 0 Å². The average molecular weight is 235 g/mol. The Morgan fingerprint density at radius 3 is 2.00 bits per heavy atom. The summed E-state index contributed by atoms with van der Waals surface area (Å²) < 4.78 is 39.9. The number of carboxylic acids is 1. The smallest absolute Gasteiger partial charge is 0.363 e. The summed E-state index contributed by atoms with van der Waals surface area (Å²) >= 11 is 0. The molecule has 1 aromatic rings. The lowest BCUT2D eigenvalue weighted by atomic mass is 9.99. The lowest BCUT2D eigenvalue weighted by Gasteiger charge is -2.26. The molecule has 0 spiro atoms. The Morgan fingerprint density at radius 1 is 1.19 bits per heavy atom. The van der Waals surface area contributed by atoms with Gasteiger partial charge in [0.15, 0.2) is 0 Å². The van der Waals surface area contributed by atoms with E-state index in [0.29, 0.717) is 12.1 Å². The van der Waals surface area contributed by atoms with Crippen molar-refractivity contribution < 1.29 is 28.2 Å². The Morgan fingerprint density at radius 2 is 1.62 bits per heavy atom. The first kappa shape index (κ1) is 12.3. The van der Waals surface area contributed by atoms with E-state index in [1.54, 1.807) is 0 Å². The second-order valence-corrected chi connectivity index (χ2v) is 3.14. The van der Waals surface area contributed by atoms with Crippen LogP contribution in [0.15, 0.2) is 24.3 Å². The zero-order valence-corrected chi connectivity index (χ0v) is 7.82. The molecule has 0 radical (unpaired) electrons. The summed E-state index contributed by atoms with van der Waals surface area (Å²) in [7, 11) is 0. The van der Waals surface area contributed by atoms with E-state index in [-0.39, 0.29) is 5.75 Å². The molecule has 4 nitrogen and oxygen atoms in total. The zero-order valence-electron chi connectivity index (χ0n) is 7.82. The molecule has 0 aromatic heterocycles. The first-order valence-corrected chi connectivity index (χ1v) is 4.08. The molecule has 1 rings (SSSR count). The third kappa shape index (κ3) is 1.81. The Kier molecular flexibility index (Phi) is 2.83. The molecule has 0 saturated carbocycles. The van der Waals surface area contributed by atoms with Crippen LogP contribution in [0.4, 0.5) is 13.2 Å². The Bertz CT molecular complexity index is 403. The fourth-order valence-electron chi connectivity index (χ4n) is 1.02. The first-order chi connectivity index (χ1) is 7.19. The number of aromatic hydroxyl groups is 1. The molecule has 88 valence electrons. The van der Waals surface area contributed by atoms with Crippen molar-refractivity contribution in [3.05, 3.63) is 29.8 Å². The number of nitrogens with two attached hydrogens (primary N) is 1. The molecule has 0 amide bonds. The number of hydrogen-bond donors (Lipinski definition) is 3. The summed E-state index contributed by atoms with van der Waals surface area (Å²) in [5.41, 5.74) is 3.50. The van der Waals surface area contributed by atoms with Crippen LogP contribution in [-0.4, -0.2) is 22.0 Å². The standard InChI is InChI=1S/C9H8F3NO3/c10-8(11,9(12,13)7(15)16)5-1-3-6(14)4-2-5/h1-4,14H,13H2,(H,15,16)/t9-/m1/s1.